The van der Waals surface area contributed by atoms with Crippen molar-refractivity contribution in [2.45, 2.75) is 72.9 Å². The third-order valence-corrected chi connectivity index (χ3v) is 14.3. The first kappa shape index (κ1) is 45.3. The number of carbonyl (C=O) groups excluding carboxylic acids is 2. The number of fused-ring (bicyclic) bond motifs is 3. The molecule has 344 valence electrons. The van der Waals surface area contributed by atoms with Crippen LogP contribution >= 0.6 is 22.9 Å². The lowest BCUT2D eigenvalue weighted by Gasteiger charge is -2.31. The Hall–Kier alpha value is -6.88. The van der Waals surface area contributed by atoms with E-state index in [0.29, 0.717) is 64.2 Å². The van der Waals surface area contributed by atoms with E-state index in [2.05, 4.69) is 49.8 Å². The number of phenolic OH excluding ortho intramolecular Hbond substituents is 2. The average molecular weight is 940 g/mol. The molecule has 5 heterocycles. The Morgan fingerprint density at radius 3 is 2.21 bits per heavy atom. The number of hydrogen-bond donors (Lipinski definition) is 5. The number of likely N-dealkylation sites (tertiary alicyclic amines) is 1. The molecule has 7 aromatic rings. The van der Waals surface area contributed by atoms with E-state index in [1.165, 1.54) is 10.6 Å². The molecule has 0 bridgehead atoms. The maximum Gasteiger partial charge on any atom is 0.348 e. The van der Waals surface area contributed by atoms with Crippen LogP contribution in [0.2, 0.25) is 5.02 Å². The Balaban J connectivity index is 0.808. The van der Waals surface area contributed by atoms with Gasteiger partial charge in [-0.2, -0.15) is 5.10 Å². The number of carbonyl (C=O) groups is 2. The van der Waals surface area contributed by atoms with Gasteiger partial charge in [-0.15, -0.1) is 21.5 Å². The highest BCUT2D eigenvalue weighted by molar-refractivity contribution is 7.15. The second-order valence-corrected chi connectivity index (χ2v) is 19.3. The minimum absolute atomic E-state index is 0.0138. The minimum atomic E-state index is -0.640. The molecule has 9 rings (SSSR count). The van der Waals surface area contributed by atoms with Crippen molar-refractivity contribution in [2.75, 3.05) is 23.7 Å². The van der Waals surface area contributed by atoms with Gasteiger partial charge >= 0.3 is 5.69 Å². The number of aryl methyl sites for hydroxylation is 2. The summed E-state index contributed by atoms with van der Waals surface area (Å²) in [6.45, 7) is 14.0. The van der Waals surface area contributed by atoms with Gasteiger partial charge in [0.05, 0.1) is 22.9 Å². The first-order chi connectivity index (χ1) is 32.1. The summed E-state index contributed by atoms with van der Waals surface area (Å²) >= 11 is 7.94. The lowest BCUT2D eigenvalue weighted by Crippen LogP contribution is -2.37. The molecule has 5 N–H and O–H groups in total. The molecule has 4 aromatic carbocycles. The number of rotatable bonds is 11. The smallest absolute Gasteiger partial charge is 0.348 e. The van der Waals surface area contributed by atoms with Crippen molar-refractivity contribution in [1.29, 1.82) is 0 Å². The zero-order chi connectivity index (χ0) is 47.3. The maximum absolute atomic E-state index is 14.0. The Kier molecular flexibility index (Phi) is 12.5. The first-order valence-electron chi connectivity index (χ1n) is 22.3. The topological polar surface area (TPSA) is 196 Å². The number of H-pyrrole nitrogens is 1. The molecule has 2 atom stereocenters. The molecule has 17 heteroatoms. The van der Waals surface area contributed by atoms with E-state index >= 15 is 0 Å². The zero-order valence-electron chi connectivity index (χ0n) is 38.0. The second-order valence-electron chi connectivity index (χ2n) is 17.7. The molecule has 0 radical (unpaired) electrons. The van der Waals surface area contributed by atoms with Crippen LogP contribution in [-0.4, -0.2) is 75.3 Å². The molecule has 67 heavy (non-hydrogen) atoms. The fourth-order valence-corrected chi connectivity index (χ4v) is 10.2. The predicted octanol–water partition coefficient (Wildman–Crippen LogP) is 9.00. The summed E-state index contributed by atoms with van der Waals surface area (Å²) < 4.78 is 3.43. The molecule has 0 saturated carbocycles. The second kappa shape index (κ2) is 18.4. The molecule has 1 fully saturated rings. The van der Waals surface area contributed by atoms with Crippen molar-refractivity contribution in [3.05, 3.63) is 145 Å². The van der Waals surface area contributed by atoms with Crippen molar-refractivity contribution in [1.82, 2.24) is 34.4 Å². The van der Waals surface area contributed by atoms with Crippen molar-refractivity contribution in [2.24, 2.45) is 16.8 Å². The Labute approximate surface area is 396 Å². The third-order valence-electron chi connectivity index (χ3n) is 12.9. The van der Waals surface area contributed by atoms with Gasteiger partial charge in [-0.25, -0.2) is 14.5 Å². The number of benzene rings is 4. The van der Waals surface area contributed by atoms with Gasteiger partial charge in [-0.05, 0) is 124 Å². The van der Waals surface area contributed by atoms with E-state index in [1.807, 2.05) is 80.8 Å². The number of nitrogens with zero attached hydrogens (tertiary/aromatic N) is 7. The van der Waals surface area contributed by atoms with E-state index in [1.54, 1.807) is 41.7 Å². The van der Waals surface area contributed by atoms with Crippen LogP contribution in [0.1, 0.15) is 89.9 Å². The highest BCUT2D eigenvalue weighted by Gasteiger charge is 2.36. The largest absolute Gasteiger partial charge is 0.508 e. The summed E-state index contributed by atoms with van der Waals surface area (Å²) in [4.78, 5) is 49.1. The number of hydrogen-bond acceptors (Lipinski definition) is 11. The van der Waals surface area contributed by atoms with E-state index in [0.717, 1.165) is 50.9 Å². The summed E-state index contributed by atoms with van der Waals surface area (Å²) in [5.74, 6) is 0.275. The number of aromatic amines is 1. The van der Waals surface area contributed by atoms with Crippen LogP contribution < -0.4 is 16.3 Å². The first-order valence-corrected chi connectivity index (χ1v) is 23.5. The van der Waals surface area contributed by atoms with Crippen LogP contribution in [0.15, 0.2) is 94.7 Å². The SMILES string of the molecule is Cc1sc2c(c1C)C(c1ccc(Cl)cc1)=N[C@@H](C(C)C(=O)Nc1ccc(NC(=O)C3CCN(Cc4ccc(-n5c(-c6cc(C(C)C)c(O)cc6O)n[nH]c5=O)cc4)CC3)cc1)c1nnc(C)n1-2. The van der Waals surface area contributed by atoms with Gasteiger partial charge in [-0.1, -0.05) is 56.6 Å². The van der Waals surface area contributed by atoms with E-state index < -0.39 is 17.6 Å². The fourth-order valence-electron chi connectivity index (χ4n) is 8.89. The van der Waals surface area contributed by atoms with Gasteiger partial charge in [-0.3, -0.25) is 24.0 Å². The standard InChI is InChI=1S/C50H51ClN10O5S/c1-26(2)38-23-39(41(63)24-40(38)62)45-56-58-50(66)61(45)37-17-7-31(8-18-37)25-59-21-19-33(20-22-59)48(65)53-36-15-13-35(14-16-36)52-47(64)28(4)43-46-57-55-30(6)60(46)49-42(27(3)29(5)67-49)44(54-43)32-9-11-34(51)12-10-32/h7-18,23-24,26,28,33,43,62-63H,19-22,25H2,1-6H3,(H,52,64)(H,53,65)(H,58,66)/t28?,43-/m0/s1. The normalized spacial score (nSPS) is 15.7. The van der Waals surface area contributed by atoms with E-state index in [9.17, 15) is 24.6 Å². The van der Waals surface area contributed by atoms with Crippen molar-refractivity contribution in [3.8, 4) is 33.6 Å². The highest BCUT2D eigenvalue weighted by Crippen LogP contribution is 2.41. The Morgan fingerprint density at radius 2 is 1.54 bits per heavy atom. The lowest BCUT2D eigenvalue weighted by molar-refractivity contribution is -0.121. The number of nitrogens with one attached hydrogen (secondary N) is 3. The number of thiophene rings is 1. The van der Waals surface area contributed by atoms with Crippen LogP contribution in [0, 0.1) is 32.6 Å². The number of piperidine rings is 1. The van der Waals surface area contributed by atoms with Crippen LogP contribution in [0.4, 0.5) is 11.4 Å². The molecule has 2 amide bonds. The fraction of sp³-hybridized carbons (Fsp3) is 0.300. The zero-order valence-corrected chi connectivity index (χ0v) is 39.5. The van der Waals surface area contributed by atoms with Crippen LogP contribution in [0.25, 0.3) is 22.1 Å². The van der Waals surface area contributed by atoms with E-state index in [-0.39, 0.29) is 41.0 Å². The molecule has 0 spiro atoms. The highest BCUT2D eigenvalue weighted by atomic mass is 35.5. The summed E-state index contributed by atoms with van der Waals surface area (Å²) in [7, 11) is 0. The molecular weight excluding hydrogens is 888 g/mol. The molecule has 2 aliphatic rings. The van der Waals surface area contributed by atoms with Gasteiger partial charge in [0.15, 0.2) is 11.6 Å². The molecule has 0 aliphatic carbocycles. The molecule has 1 saturated heterocycles. The van der Waals surface area contributed by atoms with Crippen LogP contribution in [0.5, 0.6) is 11.5 Å². The number of aliphatic imine (C=N–C) groups is 1. The number of halogens is 1. The van der Waals surface area contributed by atoms with Crippen LogP contribution in [-0.2, 0) is 16.1 Å². The number of aromatic nitrogens is 6. The number of amides is 2. The van der Waals surface area contributed by atoms with Crippen LogP contribution in [0.3, 0.4) is 0 Å². The van der Waals surface area contributed by atoms with Crippen molar-refractivity contribution < 1.29 is 19.8 Å². The average Bonchev–Trinajstić information content (AvgIpc) is 3.94. The number of phenols is 2. The molecule has 3 aromatic heterocycles. The van der Waals surface area contributed by atoms with Gasteiger partial charge in [0.1, 0.15) is 28.4 Å². The lowest BCUT2D eigenvalue weighted by atomic mass is 9.95. The summed E-state index contributed by atoms with van der Waals surface area (Å²) in [6, 6.07) is 24.6. The predicted molar refractivity (Wildman–Crippen MR) is 261 cm³/mol. The van der Waals surface area contributed by atoms with Gasteiger partial charge in [0, 0.05) is 50.9 Å². The molecule has 1 unspecified atom stereocenters. The van der Waals surface area contributed by atoms with Gasteiger partial charge in [0.2, 0.25) is 11.8 Å². The Bertz CT molecular complexity index is 3090. The van der Waals surface area contributed by atoms with Gasteiger partial charge in [0.25, 0.3) is 0 Å². The summed E-state index contributed by atoms with van der Waals surface area (Å²) in [5.41, 5.74) is 7.14. The van der Waals surface area contributed by atoms with Crippen molar-refractivity contribution in [3.63, 3.8) is 0 Å². The van der Waals surface area contributed by atoms with Gasteiger partial charge < -0.3 is 20.8 Å². The number of anilines is 2. The van der Waals surface area contributed by atoms with E-state index in [4.69, 9.17) is 16.6 Å². The summed E-state index contributed by atoms with van der Waals surface area (Å²) in [5, 5.41) is 44.4. The monoisotopic (exact) mass is 938 g/mol. The quantitative estimate of drug-likeness (QED) is 0.0841. The number of aromatic hydroxyl groups is 2. The molecule has 15 nitrogen and oxygen atoms in total. The Morgan fingerprint density at radius 1 is 0.866 bits per heavy atom. The third kappa shape index (κ3) is 8.91. The molecule has 2 aliphatic heterocycles. The summed E-state index contributed by atoms with van der Waals surface area (Å²) in [6.07, 6.45) is 1.39. The van der Waals surface area contributed by atoms with Crippen molar-refractivity contribution >= 4 is 51.8 Å². The minimum Gasteiger partial charge on any atom is -0.508 e. The maximum atomic E-state index is 14.0. The molecular formula is C50H51ClN10O5S.